The maximum Gasteiger partial charge on any atom is 0.172 e. The first kappa shape index (κ1) is 14.6. The summed E-state index contributed by atoms with van der Waals surface area (Å²) in [7, 11) is 0. The Morgan fingerprint density at radius 1 is 1.17 bits per heavy atom. The SMILES string of the molecule is Cc1ccc(-c2nc(NC3CC(C)(F)C3)c3ccccc3n2)s1. The molecule has 4 rings (SSSR count). The molecule has 0 aliphatic heterocycles. The Labute approximate surface area is 138 Å². The lowest BCUT2D eigenvalue weighted by Crippen LogP contribution is -2.45. The first-order valence-corrected chi connectivity index (χ1v) is 8.61. The normalized spacial score (nSPS) is 23.7. The lowest BCUT2D eigenvalue weighted by molar-refractivity contribution is 0.0722. The van der Waals surface area contributed by atoms with Gasteiger partial charge in [0.25, 0.3) is 0 Å². The van der Waals surface area contributed by atoms with E-state index in [1.165, 1.54) is 4.88 Å². The van der Waals surface area contributed by atoms with E-state index in [4.69, 9.17) is 4.98 Å². The molecular formula is C18H18FN3S. The summed E-state index contributed by atoms with van der Waals surface area (Å²) in [4.78, 5) is 11.7. The number of thiophene rings is 1. The fourth-order valence-electron chi connectivity index (χ4n) is 3.11. The number of para-hydroxylation sites is 1. The van der Waals surface area contributed by atoms with Crippen LogP contribution >= 0.6 is 11.3 Å². The molecule has 3 nitrogen and oxygen atoms in total. The third-order valence-corrected chi connectivity index (χ3v) is 5.25. The van der Waals surface area contributed by atoms with Crippen molar-refractivity contribution in [2.75, 3.05) is 5.32 Å². The largest absolute Gasteiger partial charge is 0.366 e. The molecule has 2 aromatic heterocycles. The van der Waals surface area contributed by atoms with Gasteiger partial charge in [0.1, 0.15) is 11.5 Å². The molecule has 3 aromatic rings. The molecule has 23 heavy (non-hydrogen) atoms. The van der Waals surface area contributed by atoms with Crippen LogP contribution in [0, 0.1) is 6.92 Å². The van der Waals surface area contributed by atoms with Gasteiger partial charge in [-0.2, -0.15) is 0 Å². The van der Waals surface area contributed by atoms with Crippen LogP contribution in [0.15, 0.2) is 36.4 Å². The minimum absolute atomic E-state index is 0.140. The summed E-state index contributed by atoms with van der Waals surface area (Å²) in [5.74, 6) is 1.53. The lowest BCUT2D eigenvalue weighted by Gasteiger charge is -2.39. The second kappa shape index (κ2) is 5.27. The average molecular weight is 327 g/mol. The highest BCUT2D eigenvalue weighted by atomic mass is 32.1. The lowest BCUT2D eigenvalue weighted by atomic mass is 9.79. The summed E-state index contributed by atoms with van der Waals surface area (Å²) in [5, 5.41) is 4.39. The quantitative estimate of drug-likeness (QED) is 0.738. The number of hydrogen-bond donors (Lipinski definition) is 1. The molecule has 0 atom stereocenters. The minimum atomic E-state index is -1.05. The Morgan fingerprint density at radius 3 is 2.65 bits per heavy atom. The highest BCUT2D eigenvalue weighted by Gasteiger charge is 2.40. The van der Waals surface area contributed by atoms with Crippen molar-refractivity contribution in [2.45, 2.75) is 38.4 Å². The van der Waals surface area contributed by atoms with Crippen molar-refractivity contribution in [3.63, 3.8) is 0 Å². The number of alkyl halides is 1. The second-order valence-corrected chi connectivity index (χ2v) is 7.77. The van der Waals surface area contributed by atoms with E-state index >= 15 is 0 Å². The third kappa shape index (κ3) is 2.81. The number of nitrogens with zero attached hydrogens (tertiary/aromatic N) is 2. The van der Waals surface area contributed by atoms with E-state index in [-0.39, 0.29) is 6.04 Å². The zero-order valence-corrected chi connectivity index (χ0v) is 14.0. The average Bonchev–Trinajstić information content (AvgIpc) is 2.92. The molecule has 1 fully saturated rings. The molecule has 1 N–H and O–H groups in total. The standard InChI is InChI=1S/C18H18FN3S/c1-11-7-8-15(23-11)17-21-14-6-4-3-5-13(14)16(22-17)20-12-9-18(2,19)10-12/h3-8,12H,9-10H2,1-2H3,(H,20,21,22). The number of anilines is 1. The Morgan fingerprint density at radius 2 is 1.96 bits per heavy atom. The topological polar surface area (TPSA) is 37.8 Å². The fraction of sp³-hybridized carbons (Fsp3) is 0.333. The third-order valence-electron chi connectivity index (χ3n) is 4.25. The zero-order chi connectivity index (χ0) is 16.0. The molecule has 1 aliphatic carbocycles. The Hall–Kier alpha value is -2.01. The van der Waals surface area contributed by atoms with Crippen LogP contribution in [0.5, 0.6) is 0 Å². The summed E-state index contributed by atoms with van der Waals surface area (Å²) in [5.41, 5.74) is -0.137. The van der Waals surface area contributed by atoms with Crippen LogP contribution in [0.3, 0.4) is 0 Å². The van der Waals surface area contributed by atoms with Gasteiger partial charge in [-0.15, -0.1) is 11.3 Å². The van der Waals surface area contributed by atoms with E-state index in [2.05, 4.69) is 29.4 Å². The number of benzene rings is 1. The number of halogens is 1. The van der Waals surface area contributed by atoms with Gasteiger partial charge in [-0.05, 0) is 38.1 Å². The van der Waals surface area contributed by atoms with Gasteiger partial charge in [-0.1, -0.05) is 12.1 Å². The van der Waals surface area contributed by atoms with Crippen molar-refractivity contribution in [1.29, 1.82) is 0 Å². The summed E-state index contributed by atoms with van der Waals surface area (Å²) < 4.78 is 13.7. The van der Waals surface area contributed by atoms with Gasteiger partial charge < -0.3 is 5.32 Å². The van der Waals surface area contributed by atoms with Crippen LogP contribution in [0.4, 0.5) is 10.2 Å². The monoisotopic (exact) mass is 327 g/mol. The van der Waals surface area contributed by atoms with Crippen molar-refractivity contribution in [3.05, 3.63) is 41.3 Å². The van der Waals surface area contributed by atoms with Gasteiger partial charge in [0.05, 0.1) is 10.4 Å². The molecule has 2 heterocycles. The maximum absolute atomic E-state index is 13.7. The second-order valence-electron chi connectivity index (χ2n) is 6.49. The van der Waals surface area contributed by atoms with Crippen molar-refractivity contribution in [3.8, 4) is 10.7 Å². The van der Waals surface area contributed by atoms with Gasteiger partial charge in [0, 0.05) is 29.1 Å². The van der Waals surface area contributed by atoms with E-state index in [1.807, 2.05) is 24.3 Å². The number of hydrogen-bond acceptors (Lipinski definition) is 4. The molecule has 1 saturated carbocycles. The Balaban J connectivity index is 1.75. The highest BCUT2D eigenvalue weighted by Crippen LogP contribution is 2.38. The van der Waals surface area contributed by atoms with Gasteiger partial charge in [0.2, 0.25) is 0 Å². The Bertz CT molecular complexity index is 864. The van der Waals surface area contributed by atoms with Crippen molar-refractivity contribution in [2.24, 2.45) is 0 Å². The van der Waals surface area contributed by atoms with Crippen LogP contribution in [0.2, 0.25) is 0 Å². The van der Waals surface area contributed by atoms with Crippen molar-refractivity contribution in [1.82, 2.24) is 9.97 Å². The summed E-state index contributed by atoms with van der Waals surface area (Å²) in [6.45, 7) is 3.73. The molecule has 0 spiro atoms. The smallest absolute Gasteiger partial charge is 0.172 e. The van der Waals surface area contributed by atoms with Crippen molar-refractivity contribution < 1.29 is 4.39 Å². The van der Waals surface area contributed by atoms with Crippen LogP contribution in [-0.4, -0.2) is 21.7 Å². The van der Waals surface area contributed by atoms with E-state index in [1.54, 1.807) is 18.3 Å². The predicted molar refractivity (Wildman–Crippen MR) is 93.7 cm³/mol. The molecule has 0 bridgehead atoms. The van der Waals surface area contributed by atoms with E-state index < -0.39 is 5.67 Å². The molecular weight excluding hydrogens is 309 g/mol. The minimum Gasteiger partial charge on any atom is -0.366 e. The number of fused-ring (bicyclic) bond motifs is 1. The zero-order valence-electron chi connectivity index (χ0n) is 13.1. The molecule has 5 heteroatoms. The van der Waals surface area contributed by atoms with E-state index in [0.717, 1.165) is 27.4 Å². The van der Waals surface area contributed by atoms with Gasteiger partial charge in [-0.3, -0.25) is 0 Å². The van der Waals surface area contributed by atoms with E-state index in [9.17, 15) is 4.39 Å². The van der Waals surface area contributed by atoms with Crippen LogP contribution in [0.1, 0.15) is 24.6 Å². The maximum atomic E-state index is 13.7. The van der Waals surface area contributed by atoms with Gasteiger partial charge in [0.15, 0.2) is 5.82 Å². The van der Waals surface area contributed by atoms with Crippen LogP contribution < -0.4 is 5.32 Å². The number of aryl methyl sites for hydroxylation is 1. The fourth-order valence-corrected chi connectivity index (χ4v) is 3.92. The Kier molecular flexibility index (Phi) is 3.34. The first-order chi connectivity index (χ1) is 11.0. The number of rotatable bonds is 3. The van der Waals surface area contributed by atoms with Gasteiger partial charge >= 0.3 is 0 Å². The highest BCUT2D eigenvalue weighted by molar-refractivity contribution is 7.15. The molecule has 0 unspecified atom stereocenters. The summed E-state index contributed by atoms with van der Waals surface area (Å²) >= 11 is 1.68. The molecule has 0 amide bonds. The van der Waals surface area contributed by atoms with E-state index in [0.29, 0.717) is 12.8 Å². The predicted octanol–water partition coefficient (Wildman–Crippen LogP) is 4.97. The van der Waals surface area contributed by atoms with Crippen LogP contribution in [0.25, 0.3) is 21.6 Å². The summed E-state index contributed by atoms with van der Waals surface area (Å²) in [6.07, 6.45) is 1.05. The molecule has 1 aliphatic rings. The molecule has 0 radical (unpaired) electrons. The number of aromatic nitrogens is 2. The van der Waals surface area contributed by atoms with Gasteiger partial charge in [-0.25, -0.2) is 14.4 Å². The van der Waals surface area contributed by atoms with Crippen molar-refractivity contribution >= 4 is 28.1 Å². The first-order valence-electron chi connectivity index (χ1n) is 7.79. The molecule has 118 valence electrons. The molecule has 0 saturated heterocycles. The molecule has 1 aromatic carbocycles. The van der Waals surface area contributed by atoms with Crippen LogP contribution in [-0.2, 0) is 0 Å². The number of nitrogens with one attached hydrogen (secondary N) is 1. The summed E-state index contributed by atoms with van der Waals surface area (Å²) in [6, 6.07) is 12.2.